The van der Waals surface area contributed by atoms with Gasteiger partial charge in [0.2, 0.25) is 10.0 Å². The van der Waals surface area contributed by atoms with Crippen LogP contribution in [-0.4, -0.2) is 61.4 Å². The van der Waals surface area contributed by atoms with Crippen LogP contribution in [0.15, 0.2) is 53.4 Å². The highest BCUT2D eigenvalue weighted by Gasteiger charge is 2.37. The molecule has 1 fully saturated rings. The lowest BCUT2D eigenvalue weighted by atomic mass is 9.86. The van der Waals surface area contributed by atoms with Crippen LogP contribution in [0.3, 0.4) is 0 Å². The molecular weight excluding hydrogens is 395 g/mol. The zero-order valence-corrected chi connectivity index (χ0v) is 17.3. The molecule has 6 nitrogen and oxygen atoms in total. The molecule has 8 heteroatoms. The number of hydrogen-bond donors (Lipinski definition) is 1. The van der Waals surface area contributed by atoms with Gasteiger partial charge >= 0.3 is 0 Å². The largest absolute Gasteiger partial charge is 0.389 e. The van der Waals surface area contributed by atoms with Gasteiger partial charge in [0.05, 0.1) is 10.5 Å². The SMILES string of the molecule is CN(C)C(=O)c1cccc(S(=O)(=O)N2CCC(O)(Cc3cccc(F)c3)CC2)c1. The lowest BCUT2D eigenvalue weighted by molar-refractivity contribution is -0.00445. The predicted molar refractivity (Wildman–Crippen MR) is 108 cm³/mol. The van der Waals surface area contributed by atoms with Crippen LogP contribution in [0.5, 0.6) is 0 Å². The maximum Gasteiger partial charge on any atom is 0.253 e. The first-order valence-electron chi connectivity index (χ1n) is 9.39. The van der Waals surface area contributed by atoms with Crippen molar-refractivity contribution in [1.29, 1.82) is 0 Å². The molecule has 1 saturated heterocycles. The molecule has 156 valence electrons. The van der Waals surface area contributed by atoms with Crippen molar-refractivity contribution < 1.29 is 22.7 Å². The zero-order valence-electron chi connectivity index (χ0n) is 16.5. The highest BCUT2D eigenvalue weighted by Crippen LogP contribution is 2.30. The van der Waals surface area contributed by atoms with Gasteiger partial charge in [-0.25, -0.2) is 12.8 Å². The Bertz CT molecular complexity index is 999. The van der Waals surface area contributed by atoms with Gasteiger partial charge in [0, 0.05) is 39.2 Å². The van der Waals surface area contributed by atoms with Crippen LogP contribution < -0.4 is 0 Å². The number of piperidine rings is 1. The van der Waals surface area contributed by atoms with Gasteiger partial charge in [-0.3, -0.25) is 4.79 Å². The monoisotopic (exact) mass is 420 g/mol. The van der Waals surface area contributed by atoms with Gasteiger partial charge in [0.15, 0.2) is 0 Å². The first-order chi connectivity index (χ1) is 13.6. The number of carbonyl (C=O) groups excluding carboxylic acids is 1. The fourth-order valence-electron chi connectivity index (χ4n) is 3.54. The molecule has 0 radical (unpaired) electrons. The molecule has 1 heterocycles. The summed E-state index contributed by atoms with van der Waals surface area (Å²) < 4.78 is 40.8. The van der Waals surface area contributed by atoms with Gasteiger partial charge in [-0.2, -0.15) is 4.31 Å². The first kappa shape index (κ1) is 21.4. The Morgan fingerprint density at radius 2 is 1.79 bits per heavy atom. The number of nitrogens with zero attached hydrogens (tertiary/aromatic N) is 2. The molecule has 2 aromatic rings. The summed E-state index contributed by atoms with van der Waals surface area (Å²) in [5, 5.41) is 10.9. The molecule has 3 rings (SSSR count). The number of rotatable bonds is 5. The van der Waals surface area contributed by atoms with E-state index in [1.165, 1.54) is 33.5 Å². The van der Waals surface area contributed by atoms with Crippen molar-refractivity contribution in [2.24, 2.45) is 0 Å². The quantitative estimate of drug-likeness (QED) is 0.805. The van der Waals surface area contributed by atoms with E-state index in [2.05, 4.69) is 0 Å². The molecule has 0 saturated carbocycles. The van der Waals surface area contributed by atoms with Gasteiger partial charge in [-0.1, -0.05) is 18.2 Å². The van der Waals surface area contributed by atoms with Gasteiger partial charge in [-0.05, 0) is 48.7 Å². The van der Waals surface area contributed by atoms with Crippen molar-refractivity contribution in [3.63, 3.8) is 0 Å². The van der Waals surface area contributed by atoms with E-state index in [0.717, 1.165) is 0 Å². The molecule has 0 aromatic heterocycles. The second kappa shape index (κ2) is 8.22. The molecule has 2 aromatic carbocycles. The lowest BCUT2D eigenvalue weighted by Crippen LogP contribution is -2.47. The van der Waals surface area contributed by atoms with Crippen LogP contribution in [0.1, 0.15) is 28.8 Å². The molecule has 0 aliphatic carbocycles. The van der Waals surface area contributed by atoms with Gasteiger partial charge in [0.1, 0.15) is 5.82 Å². The highest BCUT2D eigenvalue weighted by atomic mass is 32.2. The third-order valence-corrected chi connectivity index (χ3v) is 7.09. The zero-order chi connectivity index (χ0) is 21.2. The lowest BCUT2D eigenvalue weighted by Gasteiger charge is -2.37. The van der Waals surface area contributed by atoms with E-state index in [9.17, 15) is 22.7 Å². The average molecular weight is 421 g/mol. The molecular formula is C21H25FN2O4S. The maximum atomic E-state index is 13.4. The topological polar surface area (TPSA) is 77.9 Å². The van der Waals surface area contributed by atoms with Crippen LogP contribution in [0.25, 0.3) is 0 Å². The van der Waals surface area contributed by atoms with Gasteiger partial charge in [0.25, 0.3) is 5.91 Å². The number of sulfonamides is 1. The van der Waals surface area contributed by atoms with E-state index >= 15 is 0 Å². The standard InChI is InChI=1S/C21H25FN2O4S/c1-23(2)20(25)17-6-4-8-19(14-17)29(27,28)24-11-9-21(26,10-12-24)15-16-5-3-7-18(22)13-16/h3-8,13-14,26H,9-12,15H2,1-2H3. The minimum Gasteiger partial charge on any atom is -0.389 e. The molecule has 1 amide bonds. The third kappa shape index (κ3) is 4.83. The van der Waals surface area contributed by atoms with E-state index in [1.54, 1.807) is 38.4 Å². The van der Waals surface area contributed by atoms with Crippen LogP contribution >= 0.6 is 0 Å². The summed E-state index contributed by atoms with van der Waals surface area (Å²) in [6.45, 7) is 0.306. The van der Waals surface area contributed by atoms with E-state index in [4.69, 9.17) is 0 Å². The maximum absolute atomic E-state index is 13.4. The minimum atomic E-state index is -3.78. The Hall–Kier alpha value is -2.29. The van der Waals surface area contributed by atoms with E-state index < -0.39 is 15.6 Å². The second-order valence-corrected chi connectivity index (χ2v) is 9.60. The van der Waals surface area contributed by atoms with Crippen molar-refractivity contribution in [2.45, 2.75) is 29.8 Å². The van der Waals surface area contributed by atoms with E-state index in [1.807, 2.05) is 0 Å². The fraction of sp³-hybridized carbons (Fsp3) is 0.381. The number of benzene rings is 2. The summed E-state index contributed by atoms with van der Waals surface area (Å²) in [5.74, 6) is -0.636. The van der Waals surface area contributed by atoms with E-state index in [0.29, 0.717) is 11.1 Å². The molecule has 0 spiro atoms. The summed E-state index contributed by atoms with van der Waals surface area (Å²) in [6.07, 6.45) is 0.767. The first-order valence-corrected chi connectivity index (χ1v) is 10.8. The van der Waals surface area contributed by atoms with Crippen LogP contribution in [-0.2, 0) is 16.4 Å². The number of carbonyl (C=O) groups is 1. The van der Waals surface area contributed by atoms with Crippen LogP contribution in [0.2, 0.25) is 0 Å². The van der Waals surface area contributed by atoms with Gasteiger partial charge < -0.3 is 10.0 Å². The number of hydrogen-bond acceptors (Lipinski definition) is 4. The van der Waals surface area contributed by atoms with Crippen molar-refractivity contribution >= 4 is 15.9 Å². The van der Waals surface area contributed by atoms with Crippen LogP contribution in [0, 0.1) is 5.82 Å². The minimum absolute atomic E-state index is 0.0563. The average Bonchev–Trinajstić information content (AvgIpc) is 2.67. The smallest absolute Gasteiger partial charge is 0.253 e. The molecule has 0 bridgehead atoms. The summed E-state index contributed by atoms with van der Waals surface area (Å²) in [7, 11) is -0.573. The molecule has 1 aliphatic rings. The van der Waals surface area contributed by atoms with Crippen molar-refractivity contribution in [2.75, 3.05) is 27.2 Å². The second-order valence-electron chi connectivity index (χ2n) is 7.66. The highest BCUT2D eigenvalue weighted by molar-refractivity contribution is 7.89. The molecule has 1 aliphatic heterocycles. The predicted octanol–water partition coefficient (Wildman–Crippen LogP) is 2.29. The summed E-state index contributed by atoms with van der Waals surface area (Å²) in [6, 6.07) is 12.0. The van der Waals surface area contributed by atoms with E-state index in [-0.39, 0.29) is 49.0 Å². The van der Waals surface area contributed by atoms with Crippen molar-refractivity contribution in [3.05, 3.63) is 65.5 Å². The van der Waals surface area contributed by atoms with Crippen molar-refractivity contribution in [3.8, 4) is 0 Å². The van der Waals surface area contributed by atoms with Crippen LogP contribution in [0.4, 0.5) is 4.39 Å². The molecule has 0 unspecified atom stereocenters. The molecule has 29 heavy (non-hydrogen) atoms. The Balaban J connectivity index is 1.73. The fourth-order valence-corrected chi connectivity index (χ4v) is 5.03. The number of aliphatic hydroxyl groups is 1. The Labute approximate surface area is 170 Å². The third-order valence-electron chi connectivity index (χ3n) is 5.20. The summed E-state index contributed by atoms with van der Waals surface area (Å²) in [4.78, 5) is 13.6. The number of halogens is 1. The Kier molecular flexibility index (Phi) is 6.07. The van der Waals surface area contributed by atoms with Gasteiger partial charge in [-0.15, -0.1) is 0 Å². The number of amides is 1. The summed E-state index contributed by atoms with van der Waals surface area (Å²) >= 11 is 0. The summed E-state index contributed by atoms with van der Waals surface area (Å²) in [5.41, 5.74) is -0.0999. The normalized spacial score (nSPS) is 17.1. The molecule has 0 atom stereocenters. The Morgan fingerprint density at radius 1 is 1.14 bits per heavy atom. The van der Waals surface area contributed by atoms with Crippen molar-refractivity contribution in [1.82, 2.24) is 9.21 Å². The molecule has 1 N–H and O–H groups in total. The Morgan fingerprint density at radius 3 is 2.41 bits per heavy atom.